The maximum Gasteiger partial charge on any atom is 0.302 e. The summed E-state index contributed by atoms with van der Waals surface area (Å²) >= 11 is 0. The summed E-state index contributed by atoms with van der Waals surface area (Å²) in [5.74, 6) is -0.880. The van der Waals surface area contributed by atoms with Gasteiger partial charge in [0, 0.05) is 13.0 Å². The third kappa shape index (κ3) is 6.57. The third-order valence-electron chi connectivity index (χ3n) is 4.27. The van der Waals surface area contributed by atoms with Gasteiger partial charge in [0.15, 0.2) is 11.6 Å². The highest BCUT2D eigenvalue weighted by atomic mass is 32.2. The van der Waals surface area contributed by atoms with Crippen LogP contribution in [-0.2, 0) is 19.6 Å². The van der Waals surface area contributed by atoms with Gasteiger partial charge in [-0.25, -0.2) is 17.5 Å². The molecule has 0 saturated heterocycles. The van der Waals surface area contributed by atoms with Crippen molar-refractivity contribution < 1.29 is 27.1 Å². The molecule has 1 unspecified atom stereocenters. The monoisotopic (exact) mass is 387 g/mol. The van der Waals surface area contributed by atoms with E-state index in [4.69, 9.17) is 9.47 Å². The molecule has 0 bridgehead atoms. The molecule has 0 spiro atoms. The standard InChI is InChI=1S/C18H26FNO5S/c1-13(20-26(22,23)11-5-10-24-14(2)21)15-8-9-17(19)18(12-15)25-16-6-3-4-7-16/h8-9,12-13,16,20H,3-7,10-11H2,1-2H3. The molecule has 26 heavy (non-hydrogen) atoms. The zero-order valence-electron chi connectivity index (χ0n) is 15.2. The van der Waals surface area contributed by atoms with E-state index in [1.165, 1.54) is 13.0 Å². The zero-order valence-corrected chi connectivity index (χ0v) is 16.0. The molecule has 0 aliphatic heterocycles. The molecule has 6 nitrogen and oxygen atoms in total. The van der Waals surface area contributed by atoms with Crippen LogP contribution in [-0.4, -0.2) is 32.9 Å². The molecule has 1 aliphatic rings. The number of carbonyl (C=O) groups is 1. The predicted molar refractivity (Wildman–Crippen MR) is 95.9 cm³/mol. The molecule has 0 aromatic heterocycles. The maximum atomic E-state index is 14.0. The van der Waals surface area contributed by atoms with Crippen LogP contribution in [0.15, 0.2) is 18.2 Å². The van der Waals surface area contributed by atoms with Crippen LogP contribution >= 0.6 is 0 Å². The van der Waals surface area contributed by atoms with Crippen LogP contribution in [0.3, 0.4) is 0 Å². The normalized spacial score (nSPS) is 16.4. The first kappa shape index (κ1) is 20.6. The van der Waals surface area contributed by atoms with Crippen molar-refractivity contribution in [2.75, 3.05) is 12.4 Å². The molecule has 1 atom stereocenters. The molecular formula is C18H26FNO5S. The van der Waals surface area contributed by atoms with Gasteiger partial charge in [0.1, 0.15) is 0 Å². The Hall–Kier alpha value is -1.67. The van der Waals surface area contributed by atoms with Crippen LogP contribution in [0.4, 0.5) is 4.39 Å². The summed E-state index contributed by atoms with van der Waals surface area (Å²) in [6.07, 6.45) is 4.21. The third-order valence-corrected chi connectivity index (χ3v) is 5.81. The lowest BCUT2D eigenvalue weighted by molar-refractivity contribution is -0.140. The Labute approximate surface area is 154 Å². The fourth-order valence-electron chi connectivity index (χ4n) is 2.93. The van der Waals surface area contributed by atoms with Crippen molar-refractivity contribution in [2.24, 2.45) is 0 Å². The van der Waals surface area contributed by atoms with Gasteiger partial charge in [0.25, 0.3) is 0 Å². The molecule has 8 heteroatoms. The lowest BCUT2D eigenvalue weighted by Crippen LogP contribution is -2.29. The van der Waals surface area contributed by atoms with E-state index in [1.807, 2.05) is 0 Å². The van der Waals surface area contributed by atoms with E-state index in [-0.39, 0.29) is 30.6 Å². The summed E-state index contributed by atoms with van der Waals surface area (Å²) in [7, 11) is -3.55. The molecule has 1 N–H and O–H groups in total. The number of sulfonamides is 1. The van der Waals surface area contributed by atoms with Crippen molar-refractivity contribution in [1.29, 1.82) is 0 Å². The van der Waals surface area contributed by atoms with Gasteiger partial charge in [-0.2, -0.15) is 0 Å². The van der Waals surface area contributed by atoms with Crippen molar-refractivity contribution in [1.82, 2.24) is 4.72 Å². The molecule has 1 aromatic rings. The van der Waals surface area contributed by atoms with Gasteiger partial charge >= 0.3 is 5.97 Å². The number of benzene rings is 1. The van der Waals surface area contributed by atoms with E-state index < -0.39 is 27.9 Å². The average Bonchev–Trinajstić information content (AvgIpc) is 3.06. The second kappa shape index (κ2) is 9.32. The first-order valence-electron chi connectivity index (χ1n) is 8.86. The average molecular weight is 387 g/mol. The summed E-state index contributed by atoms with van der Waals surface area (Å²) < 4.78 is 51.3. The SMILES string of the molecule is CC(=O)OCCCS(=O)(=O)NC(C)c1ccc(F)c(OC2CCCC2)c1. The number of hydrogen-bond acceptors (Lipinski definition) is 5. The summed E-state index contributed by atoms with van der Waals surface area (Å²) in [5.41, 5.74) is 0.628. The van der Waals surface area contributed by atoms with Gasteiger partial charge in [-0.05, 0) is 56.7 Å². The number of esters is 1. The summed E-state index contributed by atoms with van der Waals surface area (Å²) in [6.45, 7) is 3.02. The molecule has 0 heterocycles. The summed E-state index contributed by atoms with van der Waals surface area (Å²) in [4.78, 5) is 10.7. The second-order valence-corrected chi connectivity index (χ2v) is 8.44. The second-order valence-electron chi connectivity index (χ2n) is 6.57. The van der Waals surface area contributed by atoms with Crippen LogP contribution in [0.25, 0.3) is 0 Å². The number of hydrogen-bond donors (Lipinski definition) is 1. The highest BCUT2D eigenvalue weighted by molar-refractivity contribution is 7.89. The fourth-order valence-corrected chi connectivity index (χ4v) is 4.22. The highest BCUT2D eigenvalue weighted by Gasteiger charge is 2.20. The van der Waals surface area contributed by atoms with Crippen molar-refractivity contribution in [3.05, 3.63) is 29.6 Å². The molecule has 146 valence electrons. The Morgan fingerprint density at radius 3 is 2.69 bits per heavy atom. The van der Waals surface area contributed by atoms with E-state index in [0.717, 1.165) is 25.7 Å². The van der Waals surface area contributed by atoms with Crippen LogP contribution in [0.2, 0.25) is 0 Å². The van der Waals surface area contributed by atoms with E-state index >= 15 is 0 Å². The molecule has 1 aliphatic carbocycles. The van der Waals surface area contributed by atoms with E-state index in [9.17, 15) is 17.6 Å². The van der Waals surface area contributed by atoms with Gasteiger partial charge in [-0.15, -0.1) is 0 Å². The van der Waals surface area contributed by atoms with Crippen LogP contribution in [0.5, 0.6) is 5.75 Å². The van der Waals surface area contributed by atoms with E-state index in [1.54, 1.807) is 19.1 Å². The van der Waals surface area contributed by atoms with Gasteiger partial charge in [-0.3, -0.25) is 4.79 Å². The highest BCUT2D eigenvalue weighted by Crippen LogP contribution is 2.28. The minimum atomic E-state index is -3.55. The van der Waals surface area contributed by atoms with Gasteiger partial charge < -0.3 is 9.47 Å². The smallest absolute Gasteiger partial charge is 0.302 e. The zero-order chi connectivity index (χ0) is 19.2. The molecule has 2 rings (SSSR count). The van der Waals surface area contributed by atoms with Crippen LogP contribution in [0.1, 0.15) is 57.6 Å². The Morgan fingerprint density at radius 2 is 2.04 bits per heavy atom. The largest absolute Gasteiger partial charge is 0.487 e. The first-order chi connectivity index (χ1) is 12.3. The quantitative estimate of drug-likeness (QED) is 0.520. The van der Waals surface area contributed by atoms with Crippen LogP contribution < -0.4 is 9.46 Å². The minimum absolute atomic E-state index is 0.0213. The van der Waals surface area contributed by atoms with Crippen molar-refractivity contribution >= 4 is 16.0 Å². The molecule has 1 fully saturated rings. The number of halogens is 1. The molecule has 0 radical (unpaired) electrons. The fraction of sp³-hybridized carbons (Fsp3) is 0.611. The van der Waals surface area contributed by atoms with Crippen molar-refractivity contribution in [2.45, 2.75) is 58.1 Å². The summed E-state index contributed by atoms with van der Waals surface area (Å²) in [6, 6.07) is 3.87. The topological polar surface area (TPSA) is 81.7 Å². The lowest BCUT2D eigenvalue weighted by atomic mass is 10.1. The van der Waals surface area contributed by atoms with E-state index in [2.05, 4.69) is 4.72 Å². The Morgan fingerprint density at radius 1 is 1.35 bits per heavy atom. The lowest BCUT2D eigenvalue weighted by Gasteiger charge is -2.18. The molecule has 1 aromatic carbocycles. The van der Waals surface area contributed by atoms with Gasteiger partial charge in [0.05, 0.1) is 18.5 Å². The molecule has 0 amide bonds. The maximum absolute atomic E-state index is 14.0. The van der Waals surface area contributed by atoms with Crippen LogP contribution in [0, 0.1) is 5.82 Å². The van der Waals surface area contributed by atoms with Gasteiger partial charge in [0.2, 0.25) is 10.0 Å². The first-order valence-corrected chi connectivity index (χ1v) is 10.5. The van der Waals surface area contributed by atoms with Crippen molar-refractivity contribution in [3.8, 4) is 5.75 Å². The van der Waals surface area contributed by atoms with Crippen molar-refractivity contribution in [3.63, 3.8) is 0 Å². The number of ether oxygens (including phenoxy) is 2. The number of carbonyl (C=O) groups excluding carboxylic acids is 1. The Balaban J connectivity index is 1.95. The van der Waals surface area contributed by atoms with Gasteiger partial charge in [-0.1, -0.05) is 6.07 Å². The molecule has 1 saturated carbocycles. The predicted octanol–water partition coefficient (Wildman–Crippen LogP) is 3.08. The van der Waals surface area contributed by atoms with E-state index in [0.29, 0.717) is 5.56 Å². The minimum Gasteiger partial charge on any atom is -0.487 e. The Bertz CT molecular complexity index is 716. The Kier molecular flexibility index (Phi) is 7.40. The number of nitrogens with one attached hydrogen (secondary N) is 1. The summed E-state index contributed by atoms with van der Waals surface area (Å²) in [5, 5.41) is 0. The number of rotatable bonds is 9. The molecular weight excluding hydrogens is 361 g/mol.